The van der Waals surface area contributed by atoms with Gasteiger partial charge >= 0.3 is 5.69 Å². The summed E-state index contributed by atoms with van der Waals surface area (Å²) in [4.78, 5) is 25.1. The minimum absolute atomic E-state index is 0.0541. The van der Waals surface area contributed by atoms with Crippen LogP contribution in [0.2, 0.25) is 18.1 Å². The van der Waals surface area contributed by atoms with E-state index in [2.05, 4.69) is 43.7 Å². The van der Waals surface area contributed by atoms with E-state index in [9.17, 15) is 10.1 Å². The van der Waals surface area contributed by atoms with Crippen molar-refractivity contribution in [1.29, 1.82) is 0 Å². The van der Waals surface area contributed by atoms with Crippen LogP contribution in [0.25, 0.3) is 10.3 Å². The zero-order valence-corrected chi connectivity index (χ0v) is 21.4. The second-order valence-corrected chi connectivity index (χ2v) is 15.8. The minimum Gasteiger partial charge on any atom is -0.414 e. The lowest BCUT2D eigenvalue weighted by molar-refractivity contribution is -0.384. The number of rotatable bonds is 5. The van der Waals surface area contributed by atoms with Gasteiger partial charge in [-0.15, -0.1) is 0 Å². The number of morpholine rings is 1. The molecule has 0 radical (unpaired) electrons. The number of pyridine rings is 1. The third kappa shape index (κ3) is 4.75. The molecule has 2 saturated heterocycles. The molecule has 9 nitrogen and oxygen atoms in total. The lowest BCUT2D eigenvalue weighted by Crippen LogP contribution is -2.47. The van der Waals surface area contributed by atoms with Crippen LogP contribution in [0.4, 0.5) is 16.6 Å². The van der Waals surface area contributed by atoms with Gasteiger partial charge < -0.3 is 19.0 Å². The summed E-state index contributed by atoms with van der Waals surface area (Å²) in [6.07, 6.45) is 1.89. The fourth-order valence-corrected chi connectivity index (χ4v) is 6.28. The first kappa shape index (κ1) is 23.3. The normalized spacial score (nSPS) is 19.0. The Kier molecular flexibility index (Phi) is 6.45. The molecule has 0 amide bonds. The first-order valence-corrected chi connectivity index (χ1v) is 15.0. The molecule has 0 N–H and O–H groups in total. The van der Waals surface area contributed by atoms with Gasteiger partial charge in [0.2, 0.25) is 5.82 Å². The van der Waals surface area contributed by atoms with Crippen molar-refractivity contribution in [1.82, 2.24) is 9.97 Å². The molecule has 32 heavy (non-hydrogen) atoms. The lowest BCUT2D eigenvalue weighted by atomic mass is 10.1. The summed E-state index contributed by atoms with van der Waals surface area (Å²) >= 11 is 1.46. The Morgan fingerprint density at radius 3 is 2.41 bits per heavy atom. The Bertz CT molecular complexity index is 978. The van der Waals surface area contributed by atoms with Crippen molar-refractivity contribution in [2.45, 2.75) is 57.8 Å². The number of nitrogens with zero attached hydrogens (tertiary/aromatic N) is 5. The van der Waals surface area contributed by atoms with Gasteiger partial charge in [0.1, 0.15) is 0 Å². The van der Waals surface area contributed by atoms with Crippen molar-refractivity contribution < 1.29 is 14.1 Å². The van der Waals surface area contributed by atoms with Crippen molar-refractivity contribution in [2.24, 2.45) is 0 Å². The van der Waals surface area contributed by atoms with Crippen molar-refractivity contribution in [2.75, 3.05) is 49.2 Å². The number of ether oxygens (including phenoxy) is 1. The maximum Gasteiger partial charge on any atom is 0.313 e. The molecule has 2 aliphatic heterocycles. The summed E-state index contributed by atoms with van der Waals surface area (Å²) in [5, 5.41) is 12.9. The van der Waals surface area contributed by atoms with Crippen molar-refractivity contribution in [3.63, 3.8) is 0 Å². The van der Waals surface area contributed by atoms with Crippen LogP contribution < -0.4 is 9.80 Å². The molecule has 0 aromatic carbocycles. The van der Waals surface area contributed by atoms with E-state index in [1.54, 1.807) is 6.07 Å². The van der Waals surface area contributed by atoms with E-state index in [1.165, 1.54) is 11.3 Å². The van der Waals surface area contributed by atoms with E-state index in [4.69, 9.17) is 14.1 Å². The Morgan fingerprint density at radius 1 is 1.16 bits per heavy atom. The first-order valence-electron chi connectivity index (χ1n) is 11.3. The number of anilines is 2. The smallest absolute Gasteiger partial charge is 0.313 e. The van der Waals surface area contributed by atoms with Crippen LogP contribution in [0.1, 0.15) is 33.6 Å². The summed E-state index contributed by atoms with van der Waals surface area (Å²) in [5.74, 6) is 0.423. The zero-order chi connectivity index (χ0) is 23.1. The number of thiazole rings is 1. The third-order valence-corrected chi connectivity index (χ3v) is 12.4. The van der Waals surface area contributed by atoms with Crippen LogP contribution in [-0.2, 0) is 9.16 Å². The Morgan fingerprint density at radius 2 is 1.81 bits per heavy atom. The molecule has 0 unspecified atom stereocenters. The van der Waals surface area contributed by atoms with Crippen LogP contribution in [0.5, 0.6) is 0 Å². The average molecular weight is 480 g/mol. The molecule has 2 fully saturated rings. The summed E-state index contributed by atoms with van der Waals surface area (Å²) < 4.78 is 12.7. The number of hydrogen-bond acceptors (Lipinski definition) is 9. The zero-order valence-electron chi connectivity index (χ0n) is 19.6. The summed E-state index contributed by atoms with van der Waals surface area (Å²) in [5.41, 5.74) is 0.634. The summed E-state index contributed by atoms with van der Waals surface area (Å²) in [6, 6.07) is 1.64. The van der Waals surface area contributed by atoms with E-state index < -0.39 is 8.32 Å². The summed E-state index contributed by atoms with van der Waals surface area (Å²) in [7, 11) is -1.84. The van der Waals surface area contributed by atoms with Crippen molar-refractivity contribution in [3.8, 4) is 0 Å². The van der Waals surface area contributed by atoms with E-state index in [1.807, 2.05) is 4.90 Å². The number of aromatic nitrogens is 2. The highest BCUT2D eigenvalue weighted by molar-refractivity contribution is 7.22. The second-order valence-electron chi connectivity index (χ2n) is 10.1. The van der Waals surface area contributed by atoms with Crippen molar-refractivity contribution >= 4 is 46.6 Å². The van der Waals surface area contributed by atoms with Gasteiger partial charge in [-0.25, -0.2) is 4.98 Å². The Balaban J connectivity index is 1.53. The number of nitro groups is 1. The van der Waals surface area contributed by atoms with E-state index >= 15 is 0 Å². The van der Waals surface area contributed by atoms with Crippen LogP contribution in [-0.4, -0.2) is 68.7 Å². The van der Waals surface area contributed by atoms with E-state index in [-0.39, 0.29) is 21.8 Å². The molecule has 4 heterocycles. The molecule has 2 aliphatic rings. The maximum absolute atomic E-state index is 11.9. The molecule has 2 aromatic heterocycles. The fraction of sp³-hybridized carbons (Fsp3) is 0.714. The molecule has 0 bridgehead atoms. The van der Waals surface area contributed by atoms with Gasteiger partial charge in [-0.3, -0.25) is 10.1 Å². The molecule has 2 aromatic rings. The molecule has 0 atom stereocenters. The highest BCUT2D eigenvalue weighted by atomic mass is 32.1. The van der Waals surface area contributed by atoms with E-state index in [0.29, 0.717) is 37.8 Å². The first-order chi connectivity index (χ1) is 15.0. The van der Waals surface area contributed by atoms with Crippen LogP contribution in [0, 0.1) is 10.1 Å². The van der Waals surface area contributed by atoms with Gasteiger partial charge in [0.05, 0.1) is 22.8 Å². The fourth-order valence-electron chi connectivity index (χ4n) is 3.87. The molecular weight excluding hydrogens is 446 g/mol. The highest BCUT2D eigenvalue weighted by Crippen LogP contribution is 2.40. The van der Waals surface area contributed by atoms with Gasteiger partial charge in [0.15, 0.2) is 19.1 Å². The topological polar surface area (TPSA) is 93.9 Å². The second kappa shape index (κ2) is 8.84. The van der Waals surface area contributed by atoms with Gasteiger partial charge in [-0.1, -0.05) is 32.1 Å². The predicted octanol–water partition coefficient (Wildman–Crippen LogP) is 4.43. The quantitative estimate of drug-likeness (QED) is 0.353. The monoisotopic (exact) mass is 479 g/mol. The Labute approximate surface area is 194 Å². The van der Waals surface area contributed by atoms with Gasteiger partial charge in [0, 0.05) is 38.3 Å². The van der Waals surface area contributed by atoms with Gasteiger partial charge in [-0.2, -0.15) is 4.98 Å². The Hall–Kier alpha value is -1.82. The minimum atomic E-state index is -1.84. The van der Waals surface area contributed by atoms with Crippen molar-refractivity contribution in [3.05, 3.63) is 16.2 Å². The highest BCUT2D eigenvalue weighted by Gasteiger charge is 2.40. The molecule has 0 saturated carbocycles. The number of piperidine rings is 1. The molecule has 4 rings (SSSR count). The van der Waals surface area contributed by atoms with Crippen LogP contribution in [0.3, 0.4) is 0 Å². The largest absolute Gasteiger partial charge is 0.414 e. The standard InChI is InChI=1S/C21H33N5O4SSi/c1-21(2,3)32(4,5)30-15-6-8-24(9-7-15)19-16(26(27)28)14-17-18(22-19)23-20(31-17)25-10-12-29-13-11-25/h14-15H,6-13H2,1-5H3. The SMILES string of the molecule is CC(C)(C)[Si](C)(C)OC1CCN(c2nc3nc(N4CCOCC4)sc3cc2[N+](=O)[O-])CC1. The van der Waals surface area contributed by atoms with Gasteiger partial charge in [0.25, 0.3) is 0 Å². The van der Waals surface area contributed by atoms with Crippen LogP contribution in [0.15, 0.2) is 6.07 Å². The van der Waals surface area contributed by atoms with Crippen LogP contribution >= 0.6 is 11.3 Å². The lowest BCUT2D eigenvalue weighted by Gasteiger charge is -2.42. The number of fused-ring (bicyclic) bond motifs is 1. The third-order valence-electron chi connectivity index (χ3n) is 6.82. The average Bonchev–Trinajstić information content (AvgIpc) is 3.16. The van der Waals surface area contributed by atoms with E-state index in [0.717, 1.165) is 35.8 Å². The summed E-state index contributed by atoms with van der Waals surface area (Å²) in [6.45, 7) is 15.6. The maximum atomic E-state index is 11.9. The molecule has 176 valence electrons. The predicted molar refractivity (Wildman–Crippen MR) is 131 cm³/mol. The molecule has 0 aliphatic carbocycles. The molecular formula is C21H33N5O4SSi. The van der Waals surface area contributed by atoms with Gasteiger partial charge in [-0.05, 0) is 31.0 Å². The number of hydrogen-bond donors (Lipinski definition) is 0. The molecule has 0 spiro atoms. The molecule has 11 heteroatoms.